The van der Waals surface area contributed by atoms with Crippen LogP contribution in [0.4, 0.5) is 34.1 Å². The molecule has 0 radical (unpaired) electrons. The molecule has 4 nitrogen and oxygen atoms in total. The molecule has 6 N–H and O–H groups in total. The van der Waals surface area contributed by atoms with Crippen LogP contribution >= 0.6 is 0 Å². The van der Waals surface area contributed by atoms with E-state index < -0.39 is 0 Å². The van der Waals surface area contributed by atoms with Crippen LogP contribution in [0.3, 0.4) is 0 Å². The van der Waals surface area contributed by atoms with Crippen LogP contribution in [0.15, 0.2) is 97.1 Å². The Kier molecular flexibility index (Phi) is 8.73. The number of nitrogen functional groups attached to an aromatic ring is 2. The molecule has 0 bridgehead atoms. The summed E-state index contributed by atoms with van der Waals surface area (Å²) in [6.07, 6.45) is 7.21. The Hall–Kier alpha value is -3.92. The first-order valence-corrected chi connectivity index (χ1v) is 13.5. The minimum absolute atomic E-state index is 0.0206. The number of unbranched alkanes of at least 4 members (excludes halogenated alkanes) is 3. The first-order valence-electron chi connectivity index (χ1n) is 13.5. The number of rotatable bonds is 12. The summed E-state index contributed by atoms with van der Waals surface area (Å²) in [5.74, 6) is 0. The molecule has 0 aliphatic heterocycles. The fourth-order valence-corrected chi connectivity index (χ4v) is 5.11. The van der Waals surface area contributed by atoms with Crippen LogP contribution in [0, 0.1) is 0 Å². The Labute approximate surface area is 222 Å². The van der Waals surface area contributed by atoms with Crippen molar-refractivity contribution in [2.45, 2.75) is 57.8 Å². The van der Waals surface area contributed by atoms with Crippen molar-refractivity contribution in [2.24, 2.45) is 0 Å². The number of benzene rings is 4. The predicted molar refractivity (Wildman–Crippen MR) is 161 cm³/mol. The van der Waals surface area contributed by atoms with Gasteiger partial charge in [-0.1, -0.05) is 63.8 Å². The zero-order valence-corrected chi connectivity index (χ0v) is 22.1. The van der Waals surface area contributed by atoms with Crippen molar-refractivity contribution >= 4 is 34.1 Å². The molecule has 0 atom stereocenters. The van der Waals surface area contributed by atoms with Crippen molar-refractivity contribution in [1.82, 2.24) is 0 Å². The van der Waals surface area contributed by atoms with Crippen LogP contribution in [0.25, 0.3) is 0 Å². The molecule has 0 aromatic heterocycles. The fraction of sp³-hybridized carbons (Fsp3) is 0.273. The molecule has 0 fully saturated rings. The summed E-state index contributed by atoms with van der Waals surface area (Å²) < 4.78 is 0. The van der Waals surface area contributed by atoms with Crippen molar-refractivity contribution in [3.05, 3.63) is 108 Å². The second kappa shape index (κ2) is 12.4. The molecule has 0 aliphatic rings. The van der Waals surface area contributed by atoms with E-state index in [4.69, 9.17) is 11.5 Å². The Bertz CT molecular complexity index is 1140. The minimum atomic E-state index is -0.0206. The molecule has 37 heavy (non-hydrogen) atoms. The topological polar surface area (TPSA) is 76.1 Å². The molecule has 4 aromatic carbocycles. The molecule has 0 unspecified atom stereocenters. The molecule has 0 heterocycles. The molecule has 0 saturated carbocycles. The van der Waals surface area contributed by atoms with E-state index in [2.05, 4.69) is 73.0 Å². The molecule has 0 saturated heterocycles. The molecular formula is C33H40N4. The van der Waals surface area contributed by atoms with Gasteiger partial charge in [0.1, 0.15) is 0 Å². The largest absolute Gasteiger partial charge is 0.399 e. The third-order valence-electron chi connectivity index (χ3n) is 7.33. The first kappa shape index (κ1) is 26.2. The number of nitrogens with one attached hydrogen (secondary N) is 2. The summed E-state index contributed by atoms with van der Waals surface area (Å²) in [5.41, 5.74) is 20.1. The average Bonchev–Trinajstić information content (AvgIpc) is 2.93. The summed E-state index contributed by atoms with van der Waals surface area (Å²) in [4.78, 5) is 0. The molecule has 4 heteroatoms. The Morgan fingerprint density at radius 3 is 1.24 bits per heavy atom. The van der Waals surface area contributed by atoms with Gasteiger partial charge in [0.2, 0.25) is 0 Å². The van der Waals surface area contributed by atoms with Crippen molar-refractivity contribution < 1.29 is 0 Å². The lowest BCUT2D eigenvalue weighted by Crippen LogP contribution is -2.27. The fourth-order valence-electron chi connectivity index (χ4n) is 5.11. The van der Waals surface area contributed by atoms with Gasteiger partial charge in [-0.05, 0) is 96.8 Å². The highest BCUT2D eigenvalue weighted by molar-refractivity contribution is 5.64. The van der Waals surface area contributed by atoms with Crippen molar-refractivity contribution in [3.8, 4) is 0 Å². The maximum Gasteiger partial charge on any atom is 0.0385 e. The maximum atomic E-state index is 5.83. The number of hydrogen-bond donors (Lipinski definition) is 4. The highest BCUT2D eigenvalue weighted by Crippen LogP contribution is 2.41. The lowest BCUT2D eigenvalue weighted by atomic mass is 9.69. The van der Waals surface area contributed by atoms with Gasteiger partial charge in [-0.2, -0.15) is 0 Å². The molecule has 4 rings (SSSR count). The summed E-state index contributed by atoms with van der Waals surface area (Å²) >= 11 is 0. The van der Waals surface area contributed by atoms with E-state index >= 15 is 0 Å². The highest BCUT2D eigenvalue weighted by atomic mass is 14.9. The van der Waals surface area contributed by atoms with Gasteiger partial charge in [0.05, 0.1) is 0 Å². The molecule has 192 valence electrons. The van der Waals surface area contributed by atoms with Gasteiger partial charge < -0.3 is 22.1 Å². The molecule has 0 spiro atoms. The summed E-state index contributed by atoms with van der Waals surface area (Å²) in [5, 5.41) is 6.98. The lowest BCUT2D eigenvalue weighted by Gasteiger charge is -2.35. The average molecular weight is 493 g/mol. The Morgan fingerprint density at radius 2 is 0.892 bits per heavy atom. The third kappa shape index (κ3) is 6.65. The predicted octanol–water partition coefficient (Wildman–Crippen LogP) is 9.00. The normalized spacial score (nSPS) is 11.3. The highest BCUT2D eigenvalue weighted by Gasteiger charge is 2.32. The van der Waals surface area contributed by atoms with Gasteiger partial charge in [-0.25, -0.2) is 0 Å². The minimum Gasteiger partial charge on any atom is -0.399 e. The van der Waals surface area contributed by atoms with Crippen LogP contribution in [-0.4, -0.2) is 0 Å². The second-order valence-corrected chi connectivity index (χ2v) is 9.90. The summed E-state index contributed by atoms with van der Waals surface area (Å²) in [6, 6.07) is 33.7. The second-order valence-electron chi connectivity index (χ2n) is 9.90. The van der Waals surface area contributed by atoms with Crippen molar-refractivity contribution in [2.75, 3.05) is 22.1 Å². The van der Waals surface area contributed by atoms with E-state index in [1.807, 2.05) is 48.5 Å². The SMILES string of the molecule is CCCCCCC(CC)(c1ccc(Nc2ccc(N)cc2)cc1)c1ccc(Nc2ccc(N)cc2)cc1. The van der Waals surface area contributed by atoms with Crippen molar-refractivity contribution in [1.29, 1.82) is 0 Å². The zero-order valence-electron chi connectivity index (χ0n) is 22.1. The van der Waals surface area contributed by atoms with E-state index in [1.54, 1.807) is 0 Å². The smallest absolute Gasteiger partial charge is 0.0385 e. The molecule has 4 aromatic rings. The van der Waals surface area contributed by atoms with Gasteiger partial charge in [0, 0.05) is 39.5 Å². The number of anilines is 6. The number of hydrogen-bond acceptors (Lipinski definition) is 4. The van der Waals surface area contributed by atoms with Crippen LogP contribution in [0.1, 0.15) is 63.5 Å². The summed E-state index contributed by atoms with van der Waals surface area (Å²) in [6.45, 7) is 4.59. The van der Waals surface area contributed by atoms with E-state index in [-0.39, 0.29) is 5.41 Å². The van der Waals surface area contributed by atoms with E-state index in [9.17, 15) is 0 Å². The maximum absolute atomic E-state index is 5.83. The lowest BCUT2D eigenvalue weighted by molar-refractivity contribution is 0.428. The summed E-state index contributed by atoms with van der Waals surface area (Å²) in [7, 11) is 0. The quantitative estimate of drug-likeness (QED) is 0.118. The van der Waals surface area contributed by atoms with Gasteiger partial charge >= 0.3 is 0 Å². The zero-order chi connectivity index (χ0) is 26.1. The van der Waals surface area contributed by atoms with E-state index in [0.29, 0.717) is 0 Å². The van der Waals surface area contributed by atoms with Gasteiger partial charge in [-0.3, -0.25) is 0 Å². The Balaban J connectivity index is 1.58. The van der Waals surface area contributed by atoms with Crippen molar-refractivity contribution in [3.63, 3.8) is 0 Å². The molecule has 0 amide bonds. The standard InChI is InChI=1S/C33H40N4/c1-3-5-6-7-24-33(4-2,25-8-16-29(17-9-25)36-31-20-12-27(34)13-21-31)26-10-18-30(19-11-26)37-32-22-14-28(35)15-23-32/h8-23,36-37H,3-7,24,34-35H2,1-2H3. The third-order valence-corrected chi connectivity index (χ3v) is 7.33. The molecular weight excluding hydrogens is 452 g/mol. The van der Waals surface area contributed by atoms with Crippen LogP contribution < -0.4 is 22.1 Å². The van der Waals surface area contributed by atoms with Gasteiger partial charge in [0.25, 0.3) is 0 Å². The van der Waals surface area contributed by atoms with E-state index in [1.165, 1.54) is 36.8 Å². The van der Waals surface area contributed by atoms with Crippen LogP contribution in [-0.2, 0) is 5.41 Å². The Morgan fingerprint density at radius 1 is 0.514 bits per heavy atom. The monoisotopic (exact) mass is 492 g/mol. The number of nitrogens with two attached hydrogens (primary N) is 2. The van der Waals surface area contributed by atoms with Crippen LogP contribution in [0.5, 0.6) is 0 Å². The van der Waals surface area contributed by atoms with Gasteiger partial charge in [-0.15, -0.1) is 0 Å². The molecule has 0 aliphatic carbocycles. The van der Waals surface area contributed by atoms with E-state index in [0.717, 1.165) is 47.0 Å². The van der Waals surface area contributed by atoms with Gasteiger partial charge in [0.15, 0.2) is 0 Å². The van der Waals surface area contributed by atoms with Crippen LogP contribution in [0.2, 0.25) is 0 Å². The first-order chi connectivity index (χ1) is 18.0.